The minimum Gasteiger partial charge on any atom is -0.493 e. The Bertz CT molecular complexity index is 1320. The van der Waals surface area contributed by atoms with Crippen LogP contribution in [0.5, 0.6) is 17.2 Å². The molecule has 4 rings (SSSR count). The van der Waals surface area contributed by atoms with Crippen LogP contribution in [0.3, 0.4) is 0 Å². The Kier molecular flexibility index (Phi) is 8.06. The summed E-state index contributed by atoms with van der Waals surface area (Å²) >= 11 is 0. The molecule has 1 aliphatic rings. The van der Waals surface area contributed by atoms with Crippen molar-refractivity contribution in [1.29, 1.82) is 0 Å². The highest BCUT2D eigenvalue weighted by molar-refractivity contribution is 5.83. The number of aryl methyl sites for hydroxylation is 2. The van der Waals surface area contributed by atoms with Crippen LogP contribution in [-0.2, 0) is 17.6 Å². The second-order valence-electron chi connectivity index (χ2n) is 9.26. The Hall–Kier alpha value is -3.94. The maximum atomic E-state index is 13.4. The number of furan rings is 1. The second-order valence-corrected chi connectivity index (χ2v) is 9.26. The van der Waals surface area contributed by atoms with Crippen molar-refractivity contribution in [2.24, 2.45) is 0 Å². The van der Waals surface area contributed by atoms with Gasteiger partial charge in [-0.05, 0) is 73.2 Å². The molecule has 0 fully saturated rings. The van der Waals surface area contributed by atoms with Gasteiger partial charge in [-0.15, -0.1) is 0 Å². The van der Waals surface area contributed by atoms with Crippen LogP contribution in [0.2, 0.25) is 0 Å². The van der Waals surface area contributed by atoms with Gasteiger partial charge in [0.1, 0.15) is 5.76 Å². The quantitative estimate of drug-likeness (QED) is 0.426. The van der Waals surface area contributed by atoms with Gasteiger partial charge in [-0.2, -0.15) is 0 Å². The molecule has 1 aromatic heterocycles. The Morgan fingerprint density at radius 2 is 1.89 bits per heavy atom. The lowest BCUT2D eigenvalue weighted by atomic mass is 9.95. The van der Waals surface area contributed by atoms with Gasteiger partial charge < -0.3 is 29.3 Å². The van der Waals surface area contributed by atoms with Crippen molar-refractivity contribution in [3.8, 4) is 28.4 Å². The molecule has 0 saturated heterocycles. The third kappa shape index (κ3) is 5.58. The molecule has 8 heteroatoms. The summed E-state index contributed by atoms with van der Waals surface area (Å²) in [5.74, 6) is 2.32. The van der Waals surface area contributed by atoms with Crippen LogP contribution in [0.25, 0.3) is 11.1 Å². The van der Waals surface area contributed by atoms with Gasteiger partial charge in [0.05, 0.1) is 39.3 Å². The average molecular weight is 507 g/mol. The summed E-state index contributed by atoms with van der Waals surface area (Å²) in [5.41, 5.74) is 3.70. The highest BCUT2D eigenvalue weighted by atomic mass is 16.5. The summed E-state index contributed by atoms with van der Waals surface area (Å²) in [5, 5.41) is 6.40. The molecule has 0 spiro atoms. The Balaban J connectivity index is 1.82. The third-order valence-electron chi connectivity index (χ3n) is 6.72. The van der Waals surface area contributed by atoms with E-state index < -0.39 is 0 Å². The van der Waals surface area contributed by atoms with Crippen LogP contribution < -0.4 is 30.3 Å². The van der Waals surface area contributed by atoms with E-state index in [2.05, 4.69) is 10.6 Å². The number of anilines is 1. The maximum Gasteiger partial charge on any atom is 0.217 e. The van der Waals surface area contributed by atoms with E-state index >= 15 is 0 Å². The van der Waals surface area contributed by atoms with E-state index in [0.717, 1.165) is 40.9 Å². The molecule has 2 atom stereocenters. The smallest absolute Gasteiger partial charge is 0.217 e. The monoisotopic (exact) mass is 506 g/mol. The number of hydrogen-bond acceptors (Lipinski definition) is 7. The van der Waals surface area contributed by atoms with Crippen molar-refractivity contribution in [3.63, 3.8) is 0 Å². The predicted molar refractivity (Wildman–Crippen MR) is 143 cm³/mol. The van der Waals surface area contributed by atoms with Gasteiger partial charge in [0.25, 0.3) is 0 Å². The van der Waals surface area contributed by atoms with Gasteiger partial charge in [-0.3, -0.25) is 9.59 Å². The molecule has 1 aliphatic carbocycles. The second kappa shape index (κ2) is 11.4. The maximum absolute atomic E-state index is 13.4. The van der Waals surface area contributed by atoms with Crippen LogP contribution >= 0.6 is 0 Å². The van der Waals surface area contributed by atoms with E-state index in [9.17, 15) is 9.59 Å². The molecule has 0 radical (unpaired) electrons. The minimum absolute atomic E-state index is 0.0392. The van der Waals surface area contributed by atoms with Crippen LogP contribution in [0.4, 0.5) is 5.69 Å². The topological polar surface area (TPSA) is 99.0 Å². The molecule has 0 unspecified atom stereocenters. The molecule has 196 valence electrons. The van der Waals surface area contributed by atoms with Gasteiger partial charge in [0.15, 0.2) is 11.5 Å². The lowest BCUT2D eigenvalue weighted by Gasteiger charge is -2.19. The first-order valence-corrected chi connectivity index (χ1v) is 12.4. The number of methoxy groups -OCH3 is 3. The zero-order valence-electron chi connectivity index (χ0n) is 22.0. The van der Waals surface area contributed by atoms with Crippen molar-refractivity contribution < 1.29 is 23.4 Å². The highest BCUT2D eigenvalue weighted by Crippen LogP contribution is 2.50. The van der Waals surface area contributed by atoms with Crippen molar-refractivity contribution >= 4 is 11.6 Å². The lowest BCUT2D eigenvalue weighted by molar-refractivity contribution is -0.119. The van der Waals surface area contributed by atoms with Gasteiger partial charge in [-0.1, -0.05) is 6.07 Å². The molecule has 1 heterocycles. The number of amides is 1. The predicted octanol–water partition coefficient (Wildman–Crippen LogP) is 4.89. The number of fused-ring (bicyclic) bond motifs is 3. The molecule has 1 amide bonds. The van der Waals surface area contributed by atoms with Gasteiger partial charge in [0, 0.05) is 24.9 Å². The van der Waals surface area contributed by atoms with Crippen LogP contribution in [0.15, 0.2) is 51.9 Å². The number of carbonyl (C=O) groups is 1. The fourth-order valence-electron chi connectivity index (χ4n) is 4.98. The third-order valence-corrected chi connectivity index (χ3v) is 6.72. The SMILES string of the molecule is COc1cc2c(c(OC)c1OC)-c1ccc(N[C@@H](C)CCc3ccco3)c(=O)cc1[C@H](NC(C)=O)CC2. The van der Waals surface area contributed by atoms with E-state index in [1.165, 1.54) is 6.92 Å². The van der Waals surface area contributed by atoms with E-state index in [4.69, 9.17) is 18.6 Å². The molecule has 0 bridgehead atoms. The fraction of sp³-hybridized carbons (Fsp3) is 0.379. The fourth-order valence-corrected chi connectivity index (χ4v) is 4.98. The van der Waals surface area contributed by atoms with Gasteiger partial charge in [-0.25, -0.2) is 0 Å². The van der Waals surface area contributed by atoms with Crippen LogP contribution in [-0.4, -0.2) is 33.3 Å². The molecule has 0 saturated carbocycles. The van der Waals surface area contributed by atoms with Gasteiger partial charge >= 0.3 is 0 Å². The van der Waals surface area contributed by atoms with Crippen LogP contribution in [0.1, 0.15) is 49.6 Å². The van der Waals surface area contributed by atoms with Crippen molar-refractivity contribution in [3.05, 3.63) is 69.8 Å². The molecule has 2 aromatic carbocycles. The molecule has 0 aliphatic heterocycles. The molecular formula is C29H34N2O6. The molecule has 37 heavy (non-hydrogen) atoms. The first kappa shape index (κ1) is 26.1. The lowest BCUT2D eigenvalue weighted by Crippen LogP contribution is -2.26. The summed E-state index contributed by atoms with van der Waals surface area (Å²) in [4.78, 5) is 25.5. The first-order chi connectivity index (χ1) is 17.9. The summed E-state index contributed by atoms with van der Waals surface area (Å²) in [7, 11) is 4.74. The normalized spacial score (nSPS) is 15.0. The molecular weight excluding hydrogens is 472 g/mol. The summed E-state index contributed by atoms with van der Waals surface area (Å²) in [6, 6.07) is 10.8. The largest absolute Gasteiger partial charge is 0.493 e. The zero-order valence-corrected chi connectivity index (χ0v) is 22.0. The van der Waals surface area contributed by atoms with Crippen molar-refractivity contribution in [1.82, 2.24) is 5.32 Å². The van der Waals surface area contributed by atoms with Crippen molar-refractivity contribution in [2.45, 2.75) is 51.6 Å². The number of benzene rings is 1. The Morgan fingerprint density at radius 3 is 2.54 bits per heavy atom. The van der Waals surface area contributed by atoms with E-state index in [1.807, 2.05) is 31.2 Å². The van der Waals surface area contributed by atoms with E-state index in [1.54, 1.807) is 39.7 Å². The van der Waals surface area contributed by atoms with Crippen LogP contribution in [0, 0.1) is 0 Å². The zero-order chi connectivity index (χ0) is 26.5. The van der Waals surface area contributed by atoms with E-state index in [0.29, 0.717) is 35.8 Å². The number of nitrogens with one attached hydrogen (secondary N) is 2. The first-order valence-electron chi connectivity index (χ1n) is 12.4. The average Bonchev–Trinajstić information content (AvgIpc) is 3.30. The highest BCUT2D eigenvalue weighted by Gasteiger charge is 2.29. The standard InChI is InChI=1S/C29H34N2O6/c1-17(8-10-20-7-6-14-37-20)30-24-13-11-21-22(16-25(24)33)23(31-18(2)32)12-9-19-15-26(34-3)28(35-4)29(36-5)27(19)21/h6-7,11,13-17,23H,8-10,12H2,1-5H3,(H,30,33)(H,31,32)/t17-,23+/m0/s1. The Labute approximate surface area is 216 Å². The molecule has 3 aromatic rings. The number of carbonyl (C=O) groups excluding carboxylic acids is 1. The summed E-state index contributed by atoms with van der Waals surface area (Å²) in [6.45, 7) is 3.52. The van der Waals surface area contributed by atoms with Gasteiger partial charge in [0.2, 0.25) is 17.1 Å². The summed E-state index contributed by atoms with van der Waals surface area (Å²) in [6.07, 6.45) is 4.49. The van der Waals surface area contributed by atoms with E-state index in [-0.39, 0.29) is 23.4 Å². The minimum atomic E-state index is -0.342. The summed E-state index contributed by atoms with van der Waals surface area (Å²) < 4.78 is 22.5. The Morgan fingerprint density at radius 1 is 1.11 bits per heavy atom. The number of rotatable bonds is 9. The van der Waals surface area contributed by atoms with Crippen molar-refractivity contribution in [2.75, 3.05) is 26.6 Å². The number of ether oxygens (including phenoxy) is 3. The molecule has 8 nitrogen and oxygen atoms in total. The number of hydrogen-bond donors (Lipinski definition) is 2. The molecule has 2 N–H and O–H groups in total.